The van der Waals surface area contributed by atoms with Gasteiger partial charge in [-0.3, -0.25) is 4.79 Å². The Kier molecular flexibility index (Phi) is 3.78. The van der Waals surface area contributed by atoms with Gasteiger partial charge in [-0.15, -0.1) is 0 Å². The second-order valence-corrected chi connectivity index (χ2v) is 8.76. The second-order valence-electron chi connectivity index (χ2n) is 8.76. The van der Waals surface area contributed by atoms with Gasteiger partial charge in [-0.25, -0.2) is 4.98 Å². The lowest BCUT2D eigenvalue weighted by atomic mass is 9.53. The monoisotopic (exact) mass is 404 g/mol. The molecule has 2 aromatic rings. The van der Waals surface area contributed by atoms with E-state index >= 15 is 0 Å². The number of ether oxygens (including phenoxy) is 3. The minimum Gasteiger partial charge on any atom is -0.481 e. The van der Waals surface area contributed by atoms with E-state index in [2.05, 4.69) is 35.1 Å². The number of esters is 1. The third-order valence-corrected chi connectivity index (χ3v) is 7.26. The first-order valence-electron chi connectivity index (χ1n) is 10.6. The summed E-state index contributed by atoms with van der Waals surface area (Å²) in [5, 5.41) is 0. The highest BCUT2D eigenvalue weighted by molar-refractivity contribution is 5.72. The van der Waals surface area contributed by atoms with E-state index in [1.165, 1.54) is 18.1 Å². The number of nitrogens with zero attached hydrogens (tertiary/aromatic N) is 2. The molecule has 0 amide bonds. The summed E-state index contributed by atoms with van der Waals surface area (Å²) in [5.74, 6) is 1.82. The quantitative estimate of drug-likeness (QED) is 0.445. The average Bonchev–Trinajstić information content (AvgIpc) is 3.09. The van der Waals surface area contributed by atoms with Crippen molar-refractivity contribution in [2.75, 3.05) is 13.6 Å². The lowest BCUT2D eigenvalue weighted by molar-refractivity contribution is -0.132. The van der Waals surface area contributed by atoms with Gasteiger partial charge < -0.3 is 19.1 Å². The molecular weight excluding hydrogens is 380 g/mol. The first-order chi connectivity index (χ1) is 14.6. The number of benzene rings is 1. The Hall–Kier alpha value is -2.86. The van der Waals surface area contributed by atoms with Crippen LogP contribution in [0.3, 0.4) is 0 Å². The molecule has 1 aromatic heterocycles. The molecule has 4 aliphatic rings. The third kappa shape index (κ3) is 2.34. The Morgan fingerprint density at radius 3 is 2.97 bits per heavy atom. The molecule has 2 aliphatic heterocycles. The highest BCUT2D eigenvalue weighted by atomic mass is 16.6. The van der Waals surface area contributed by atoms with Crippen molar-refractivity contribution >= 4 is 5.97 Å². The van der Waals surface area contributed by atoms with E-state index < -0.39 is 0 Å². The maximum atomic E-state index is 11.7. The maximum absolute atomic E-state index is 11.7. The molecule has 30 heavy (non-hydrogen) atoms. The van der Waals surface area contributed by atoms with Gasteiger partial charge in [0.05, 0.1) is 0 Å². The van der Waals surface area contributed by atoms with Gasteiger partial charge in [0.15, 0.2) is 17.6 Å². The van der Waals surface area contributed by atoms with Gasteiger partial charge in [-0.1, -0.05) is 18.2 Å². The van der Waals surface area contributed by atoms with E-state index in [0.717, 1.165) is 25.1 Å². The number of aromatic nitrogens is 1. The van der Waals surface area contributed by atoms with Crippen LogP contribution in [0.2, 0.25) is 0 Å². The van der Waals surface area contributed by atoms with E-state index in [4.69, 9.17) is 14.2 Å². The lowest BCUT2D eigenvalue weighted by Crippen LogP contribution is -2.65. The highest BCUT2D eigenvalue weighted by Crippen LogP contribution is 2.62. The lowest BCUT2D eigenvalue weighted by Gasteiger charge is -2.56. The van der Waals surface area contributed by atoms with Crippen LogP contribution in [0.4, 0.5) is 0 Å². The van der Waals surface area contributed by atoms with Crippen molar-refractivity contribution < 1.29 is 19.0 Å². The van der Waals surface area contributed by atoms with Crippen LogP contribution in [0.15, 0.2) is 48.7 Å². The van der Waals surface area contributed by atoms with E-state index in [1.807, 2.05) is 24.3 Å². The van der Waals surface area contributed by atoms with Crippen molar-refractivity contribution in [1.29, 1.82) is 0 Å². The van der Waals surface area contributed by atoms with Gasteiger partial charge in [0.25, 0.3) is 0 Å². The zero-order valence-electron chi connectivity index (χ0n) is 17.1. The average molecular weight is 404 g/mol. The van der Waals surface area contributed by atoms with Gasteiger partial charge in [0.2, 0.25) is 5.88 Å². The molecule has 6 heteroatoms. The molecule has 0 N–H and O–H groups in total. The zero-order valence-corrected chi connectivity index (χ0v) is 17.1. The molecule has 1 spiro atoms. The van der Waals surface area contributed by atoms with Crippen molar-refractivity contribution in [3.05, 3.63) is 59.8 Å². The van der Waals surface area contributed by atoms with Crippen LogP contribution in [-0.2, 0) is 16.6 Å². The molecule has 0 saturated carbocycles. The van der Waals surface area contributed by atoms with E-state index in [1.54, 1.807) is 6.20 Å². The first kappa shape index (κ1) is 18.0. The molecule has 2 bridgehead atoms. The number of likely N-dealkylation sites (tertiary alicyclic amines) is 1. The number of hydrogen-bond donors (Lipinski definition) is 0. The SMILES string of the molecule is CC(=O)Oc1ccc2c3c1O[C@H]1[C@@H](Oc4ccccn4)C=C[C@H]4[C@@H](C2)N(C)CC[C@@]341. The fourth-order valence-electron chi connectivity index (χ4n) is 6.10. The Morgan fingerprint density at radius 1 is 1.27 bits per heavy atom. The Morgan fingerprint density at radius 2 is 2.17 bits per heavy atom. The standard InChI is InChI=1S/C24H24N2O4/c1-14(27)28-18-8-6-15-13-17-16-7-9-19(29-20-5-3-4-11-25-20)23-24(16,10-12-26(17)2)21(15)22(18)30-23/h3-9,11,16-17,19,23H,10,12-13H2,1-2H3/t16-,17+,19-,23-,24-/m0/s1. The van der Waals surface area contributed by atoms with Gasteiger partial charge >= 0.3 is 5.97 Å². The largest absolute Gasteiger partial charge is 0.481 e. The van der Waals surface area contributed by atoms with Gasteiger partial charge in [-0.05, 0) is 50.2 Å². The van der Waals surface area contributed by atoms with Crippen LogP contribution < -0.4 is 14.2 Å². The molecule has 154 valence electrons. The summed E-state index contributed by atoms with van der Waals surface area (Å²) in [6, 6.07) is 10.1. The summed E-state index contributed by atoms with van der Waals surface area (Å²) in [5.41, 5.74) is 2.34. The summed E-state index contributed by atoms with van der Waals surface area (Å²) in [6.07, 6.45) is 7.70. The highest BCUT2D eigenvalue weighted by Gasteiger charge is 2.65. The number of carbonyl (C=O) groups excluding carboxylic acids is 1. The second kappa shape index (κ2) is 6.32. The van der Waals surface area contributed by atoms with Crippen LogP contribution in [0.25, 0.3) is 0 Å². The topological polar surface area (TPSA) is 60.9 Å². The van der Waals surface area contributed by atoms with Crippen molar-refractivity contribution in [2.24, 2.45) is 5.92 Å². The predicted molar refractivity (Wildman–Crippen MR) is 110 cm³/mol. The fourth-order valence-corrected chi connectivity index (χ4v) is 6.10. The minimum atomic E-state index is -0.338. The van der Waals surface area contributed by atoms with Crippen molar-refractivity contribution in [3.8, 4) is 17.4 Å². The molecule has 5 atom stereocenters. The summed E-state index contributed by atoms with van der Waals surface area (Å²) >= 11 is 0. The molecule has 6 rings (SSSR count). The Balaban J connectivity index is 1.50. The molecule has 1 saturated heterocycles. The fraction of sp³-hybridized carbons (Fsp3) is 0.417. The van der Waals surface area contributed by atoms with Crippen LogP contribution in [0, 0.1) is 5.92 Å². The normalized spacial score (nSPS) is 32.9. The molecule has 2 aliphatic carbocycles. The van der Waals surface area contributed by atoms with Gasteiger partial charge in [-0.2, -0.15) is 0 Å². The molecule has 6 nitrogen and oxygen atoms in total. The van der Waals surface area contributed by atoms with Crippen molar-refractivity contribution in [3.63, 3.8) is 0 Å². The van der Waals surface area contributed by atoms with Crippen molar-refractivity contribution in [2.45, 2.75) is 43.4 Å². The Bertz CT molecular complexity index is 1050. The molecule has 0 unspecified atom stereocenters. The number of rotatable bonds is 3. The number of piperidine rings is 1. The summed E-state index contributed by atoms with van der Waals surface area (Å²) in [6.45, 7) is 2.43. The summed E-state index contributed by atoms with van der Waals surface area (Å²) in [7, 11) is 2.21. The van der Waals surface area contributed by atoms with Crippen molar-refractivity contribution in [1.82, 2.24) is 9.88 Å². The molecular formula is C24H24N2O4. The number of hydrogen-bond acceptors (Lipinski definition) is 6. The third-order valence-electron chi connectivity index (χ3n) is 7.26. The number of pyridine rings is 1. The van der Waals surface area contributed by atoms with Crippen LogP contribution in [0.5, 0.6) is 17.4 Å². The molecule has 0 radical (unpaired) electrons. The summed E-state index contributed by atoms with van der Waals surface area (Å²) < 4.78 is 18.5. The first-order valence-corrected chi connectivity index (χ1v) is 10.6. The van der Waals surface area contributed by atoms with E-state index in [0.29, 0.717) is 23.6 Å². The maximum Gasteiger partial charge on any atom is 0.308 e. The van der Waals surface area contributed by atoms with Crippen LogP contribution in [0.1, 0.15) is 24.5 Å². The predicted octanol–water partition coefficient (Wildman–Crippen LogP) is 2.90. The van der Waals surface area contributed by atoms with Gasteiger partial charge in [0, 0.05) is 42.1 Å². The molecule has 1 fully saturated rings. The molecule has 1 aromatic carbocycles. The smallest absolute Gasteiger partial charge is 0.308 e. The minimum absolute atomic E-state index is 0.176. The number of carbonyl (C=O) groups is 1. The number of likely N-dealkylation sites (N-methyl/N-ethyl adjacent to an activating group) is 1. The van der Waals surface area contributed by atoms with Crippen LogP contribution >= 0.6 is 0 Å². The van der Waals surface area contributed by atoms with Gasteiger partial charge in [0.1, 0.15) is 6.10 Å². The van der Waals surface area contributed by atoms with E-state index in [-0.39, 0.29) is 23.6 Å². The van der Waals surface area contributed by atoms with E-state index in [9.17, 15) is 4.79 Å². The van der Waals surface area contributed by atoms with Crippen LogP contribution in [-0.4, -0.2) is 47.7 Å². The molecule has 3 heterocycles. The summed E-state index contributed by atoms with van der Waals surface area (Å²) in [4.78, 5) is 18.5. The zero-order chi connectivity index (χ0) is 20.5. The Labute approximate surface area is 175 Å².